The van der Waals surface area contributed by atoms with Crippen LogP contribution in [-0.2, 0) is 10.4 Å². The molecule has 3 nitrogen and oxygen atoms in total. The van der Waals surface area contributed by atoms with Gasteiger partial charge in [-0.05, 0) is 33.9 Å². The molecule has 2 aliphatic carbocycles. The van der Waals surface area contributed by atoms with E-state index in [-0.39, 0.29) is 0 Å². The number of rotatable bonds is 1. The fraction of sp³-hybridized carbons (Fsp3) is 0.118. The van der Waals surface area contributed by atoms with Gasteiger partial charge < -0.3 is 10.2 Å². The van der Waals surface area contributed by atoms with Gasteiger partial charge in [-0.15, -0.1) is 0 Å². The third kappa shape index (κ3) is 1.16. The fourth-order valence-electron chi connectivity index (χ4n) is 3.51. The Morgan fingerprint density at radius 2 is 1.65 bits per heavy atom. The van der Waals surface area contributed by atoms with Crippen LogP contribution in [0.25, 0.3) is 11.6 Å². The monoisotopic (exact) mass is 264 g/mol. The Hall–Kier alpha value is -2.39. The summed E-state index contributed by atoms with van der Waals surface area (Å²) in [5.41, 5.74) is 2.29. The van der Waals surface area contributed by atoms with Crippen LogP contribution >= 0.6 is 0 Å². The highest BCUT2D eigenvalue weighted by Gasteiger charge is 2.55. The third-order valence-electron chi connectivity index (χ3n) is 4.31. The molecule has 3 heteroatoms. The predicted octanol–water partition coefficient (Wildman–Crippen LogP) is 2.49. The first-order valence-electron chi connectivity index (χ1n) is 6.50. The SMILES string of the molecule is O=C(O)C1C2=Cc3ccccc3C1(O)c1ccccc12. The lowest BCUT2D eigenvalue weighted by molar-refractivity contribution is -0.145. The van der Waals surface area contributed by atoms with E-state index in [2.05, 4.69) is 0 Å². The van der Waals surface area contributed by atoms with E-state index in [1.54, 1.807) is 6.07 Å². The Bertz CT molecular complexity index is 762. The lowest BCUT2D eigenvalue weighted by Crippen LogP contribution is -2.39. The van der Waals surface area contributed by atoms with Crippen molar-refractivity contribution >= 4 is 17.6 Å². The number of aliphatic hydroxyl groups is 1. The Kier molecular flexibility index (Phi) is 2.05. The molecule has 2 aliphatic rings. The van der Waals surface area contributed by atoms with Crippen LogP contribution < -0.4 is 0 Å². The molecule has 0 aromatic heterocycles. The minimum absolute atomic E-state index is 0.668. The van der Waals surface area contributed by atoms with E-state index in [9.17, 15) is 15.0 Å². The van der Waals surface area contributed by atoms with Gasteiger partial charge in [-0.1, -0.05) is 48.5 Å². The quantitative estimate of drug-likeness (QED) is 0.832. The highest BCUT2D eigenvalue weighted by Crippen LogP contribution is 2.56. The molecule has 0 radical (unpaired) electrons. The molecule has 2 atom stereocenters. The summed E-state index contributed by atoms with van der Waals surface area (Å²) >= 11 is 0. The summed E-state index contributed by atoms with van der Waals surface area (Å²) in [6, 6.07) is 14.8. The lowest BCUT2D eigenvalue weighted by atomic mass is 9.74. The van der Waals surface area contributed by atoms with Gasteiger partial charge in [0, 0.05) is 0 Å². The first-order valence-corrected chi connectivity index (χ1v) is 6.50. The number of hydrogen-bond acceptors (Lipinski definition) is 2. The van der Waals surface area contributed by atoms with Crippen molar-refractivity contribution in [2.45, 2.75) is 5.60 Å². The van der Waals surface area contributed by atoms with Crippen LogP contribution in [0.1, 0.15) is 22.3 Å². The first kappa shape index (κ1) is 11.4. The number of carboxylic acids is 1. The van der Waals surface area contributed by atoms with Crippen molar-refractivity contribution in [1.29, 1.82) is 0 Å². The van der Waals surface area contributed by atoms with Crippen LogP contribution in [0.5, 0.6) is 0 Å². The van der Waals surface area contributed by atoms with Gasteiger partial charge in [0.05, 0.1) is 0 Å². The van der Waals surface area contributed by atoms with E-state index in [1.165, 1.54) is 0 Å². The molecule has 0 heterocycles. The molecule has 2 aromatic carbocycles. The second-order valence-corrected chi connectivity index (χ2v) is 5.27. The van der Waals surface area contributed by atoms with E-state index < -0.39 is 17.5 Å². The van der Waals surface area contributed by atoms with E-state index in [0.29, 0.717) is 16.7 Å². The van der Waals surface area contributed by atoms with Crippen LogP contribution in [0.3, 0.4) is 0 Å². The summed E-state index contributed by atoms with van der Waals surface area (Å²) in [5.74, 6) is -1.93. The minimum atomic E-state index is -1.47. The number of aliphatic carboxylic acids is 1. The second-order valence-electron chi connectivity index (χ2n) is 5.27. The highest BCUT2D eigenvalue weighted by molar-refractivity contribution is 6.03. The van der Waals surface area contributed by atoms with Crippen molar-refractivity contribution in [1.82, 2.24) is 0 Å². The molecular weight excluding hydrogens is 252 g/mol. The molecule has 2 aromatic rings. The van der Waals surface area contributed by atoms with E-state index in [0.717, 1.165) is 11.1 Å². The van der Waals surface area contributed by atoms with Gasteiger partial charge in [0.1, 0.15) is 11.5 Å². The van der Waals surface area contributed by atoms with Crippen LogP contribution in [0.15, 0.2) is 48.5 Å². The van der Waals surface area contributed by atoms with Gasteiger partial charge in [-0.25, -0.2) is 0 Å². The maximum Gasteiger partial charge on any atom is 0.314 e. The minimum Gasteiger partial charge on any atom is -0.481 e. The Morgan fingerprint density at radius 3 is 2.40 bits per heavy atom. The van der Waals surface area contributed by atoms with Crippen molar-refractivity contribution < 1.29 is 15.0 Å². The number of benzene rings is 2. The molecule has 0 spiro atoms. The van der Waals surface area contributed by atoms with E-state index >= 15 is 0 Å². The Balaban J connectivity index is 2.14. The number of hydrogen-bond donors (Lipinski definition) is 2. The second kappa shape index (κ2) is 3.58. The summed E-state index contributed by atoms with van der Waals surface area (Å²) in [6.07, 6.45) is 1.88. The zero-order valence-electron chi connectivity index (χ0n) is 10.6. The van der Waals surface area contributed by atoms with Crippen LogP contribution in [0, 0.1) is 5.92 Å². The molecule has 0 amide bonds. The van der Waals surface area contributed by atoms with Gasteiger partial charge in [-0.2, -0.15) is 0 Å². The Labute approximate surface area is 115 Å². The summed E-state index contributed by atoms with van der Waals surface area (Å²) in [6.45, 7) is 0. The zero-order valence-corrected chi connectivity index (χ0v) is 10.6. The van der Waals surface area contributed by atoms with Crippen molar-refractivity contribution in [2.24, 2.45) is 5.92 Å². The summed E-state index contributed by atoms with van der Waals surface area (Å²) in [5, 5.41) is 20.8. The molecule has 0 saturated heterocycles. The maximum absolute atomic E-state index is 11.7. The lowest BCUT2D eigenvalue weighted by Gasteiger charge is -2.33. The van der Waals surface area contributed by atoms with Gasteiger partial charge in [-0.3, -0.25) is 4.79 Å². The maximum atomic E-state index is 11.7. The van der Waals surface area contributed by atoms with Crippen molar-refractivity contribution in [3.63, 3.8) is 0 Å². The van der Waals surface area contributed by atoms with Crippen LogP contribution in [-0.4, -0.2) is 16.2 Å². The number of carbonyl (C=O) groups is 1. The average Bonchev–Trinajstić information content (AvgIpc) is 2.65. The number of carboxylic acid groups (broad SMARTS) is 1. The van der Waals surface area contributed by atoms with Crippen LogP contribution in [0.4, 0.5) is 0 Å². The smallest absolute Gasteiger partial charge is 0.314 e. The zero-order chi connectivity index (χ0) is 13.9. The van der Waals surface area contributed by atoms with Gasteiger partial charge in [0.2, 0.25) is 0 Å². The largest absolute Gasteiger partial charge is 0.481 e. The molecule has 0 aliphatic heterocycles. The fourth-order valence-corrected chi connectivity index (χ4v) is 3.51. The van der Waals surface area contributed by atoms with Gasteiger partial charge >= 0.3 is 5.97 Å². The molecular formula is C17H12O3. The molecule has 2 unspecified atom stereocenters. The third-order valence-corrected chi connectivity index (χ3v) is 4.31. The molecule has 98 valence electrons. The predicted molar refractivity (Wildman–Crippen MR) is 74.9 cm³/mol. The van der Waals surface area contributed by atoms with Crippen molar-refractivity contribution in [3.05, 3.63) is 70.8 Å². The van der Waals surface area contributed by atoms with Crippen LogP contribution in [0.2, 0.25) is 0 Å². The molecule has 4 rings (SSSR count). The average molecular weight is 264 g/mol. The van der Waals surface area contributed by atoms with Gasteiger partial charge in [0.25, 0.3) is 0 Å². The standard InChI is InChI=1S/C17H12O3/c18-16(19)15-12-9-10-5-1-3-7-13(10)17(15,20)14-8-4-2-6-11(12)14/h1-9,15,20H,(H,18,19). The topological polar surface area (TPSA) is 57.5 Å². The summed E-state index contributed by atoms with van der Waals surface area (Å²) in [7, 11) is 0. The summed E-state index contributed by atoms with van der Waals surface area (Å²) in [4.78, 5) is 11.7. The molecule has 0 fully saturated rings. The normalized spacial score (nSPS) is 25.6. The van der Waals surface area contributed by atoms with Crippen molar-refractivity contribution in [2.75, 3.05) is 0 Å². The summed E-state index contributed by atoms with van der Waals surface area (Å²) < 4.78 is 0. The molecule has 2 bridgehead atoms. The molecule has 20 heavy (non-hydrogen) atoms. The van der Waals surface area contributed by atoms with Gasteiger partial charge in [0.15, 0.2) is 0 Å². The number of fused-ring (bicyclic) bond motifs is 7. The first-order chi connectivity index (χ1) is 9.64. The van der Waals surface area contributed by atoms with E-state index in [1.807, 2.05) is 48.5 Å². The van der Waals surface area contributed by atoms with Crippen molar-refractivity contribution in [3.8, 4) is 0 Å². The molecule has 0 saturated carbocycles. The van der Waals surface area contributed by atoms with E-state index in [4.69, 9.17) is 0 Å². The molecule has 2 N–H and O–H groups in total. The Morgan fingerprint density at radius 1 is 1.00 bits per heavy atom. The highest BCUT2D eigenvalue weighted by atomic mass is 16.4.